The molecule has 1 aliphatic rings. The number of rotatable bonds is 1. The third kappa shape index (κ3) is 1.81. The fourth-order valence-corrected chi connectivity index (χ4v) is 2.79. The second-order valence-corrected chi connectivity index (χ2v) is 4.98. The van der Waals surface area contributed by atoms with Crippen LogP contribution in [0.15, 0.2) is 18.2 Å². The maximum absolute atomic E-state index is 6.23. The van der Waals surface area contributed by atoms with Gasteiger partial charge in [-0.2, -0.15) is 0 Å². The van der Waals surface area contributed by atoms with Crippen molar-refractivity contribution in [1.82, 2.24) is 19.5 Å². The molecule has 0 bridgehead atoms. The highest BCUT2D eigenvalue weighted by molar-refractivity contribution is 6.29. The Morgan fingerprint density at radius 3 is 3.00 bits per heavy atom. The second kappa shape index (κ2) is 4.27. The van der Waals surface area contributed by atoms with Gasteiger partial charge in [0.15, 0.2) is 11.5 Å². The lowest BCUT2D eigenvalue weighted by Crippen LogP contribution is -2.31. The van der Waals surface area contributed by atoms with Gasteiger partial charge in [0.2, 0.25) is 0 Å². The van der Waals surface area contributed by atoms with E-state index in [0.29, 0.717) is 11.2 Å². The van der Waals surface area contributed by atoms with E-state index < -0.39 is 0 Å². The Labute approximate surface area is 105 Å². The lowest BCUT2D eigenvalue weighted by atomic mass is 10.0. The number of fused-ring (bicyclic) bond motifs is 1. The van der Waals surface area contributed by atoms with Gasteiger partial charge in [0.05, 0.1) is 6.04 Å². The molecule has 1 atom stereocenters. The molecule has 2 aromatic heterocycles. The van der Waals surface area contributed by atoms with Gasteiger partial charge in [-0.05, 0) is 38.6 Å². The topological polar surface area (TPSA) is 33.4 Å². The lowest BCUT2D eigenvalue weighted by molar-refractivity contribution is 0.178. The molecule has 3 heterocycles. The second-order valence-electron chi connectivity index (χ2n) is 4.59. The van der Waals surface area contributed by atoms with E-state index in [0.717, 1.165) is 24.4 Å². The van der Waals surface area contributed by atoms with Crippen LogP contribution in [-0.2, 0) is 0 Å². The quantitative estimate of drug-likeness (QED) is 0.730. The number of aromatic nitrogens is 3. The van der Waals surface area contributed by atoms with Gasteiger partial charge in [0, 0.05) is 0 Å². The SMILES string of the molecule is CN1CCCCC1c1nnc2cccc(Cl)n12. The van der Waals surface area contributed by atoms with E-state index in [-0.39, 0.29) is 0 Å². The fourth-order valence-electron chi connectivity index (χ4n) is 2.54. The zero-order valence-corrected chi connectivity index (χ0v) is 10.6. The maximum atomic E-state index is 6.23. The summed E-state index contributed by atoms with van der Waals surface area (Å²) in [5, 5.41) is 9.19. The average molecular weight is 251 g/mol. The molecular weight excluding hydrogens is 236 g/mol. The van der Waals surface area contributed by atoms with E-state index in [2.05, 4.69) is 22.1 Å². The van der Waals surface area contributed by atoms with Crippen LogP contribution in [0, 0.1) is 0 Å². The summed E-state index contributed by atoms with van der Waals surface area (Å²) in [7, 11) is 2.14. The Balaban J connectivity index is 2.10. The van der Waals surface area contributed by atoms with Crippen LogP contribution in [0.25, 0.3) is 5.65 Å². The molecule has 2 aromatic rings. The zero-order valence-electron chi connectivity index (χ0n) is 9.80. The molecule has 0 radical (unpaired) electrons. The Hall–Kier alpha value is -1.13. The molecule has 0 N–H and O–H groups in total. The number of piperidine rings is 1. The molecule has 0 amide bonds. The molecule has 90 valence electrons. The van der Waals surface area contributed by atoms with Gasteiger partial charge in [0.1, 0.15) is 5.15 Å². The first kappa shape index (κ1) is 11.0. The van der Waals surface area contributed by atoms with Gasteiger partial charge < -0.3 is 0 Å². The third-order valence-corrected chi connectivity index (χ3v) is 3.77. The molecule has 1 fully saturated rings. The van der Waals surface area contributed by atoms with Crippen LogP contribution in [0.3, 0.4) is 0 Å². The van der Waals surface area contributed by atoms with Crippen molar-refractivity contribution in [2.75, 3.05) is 13.6 Å². The molecule has 0 aromatic carbocycles. The molecule has 4 nitrogen and oxygen atoms in total. The van der Waals surface area contributed by atoms with Crippen molar-refractivity contribution in [2.45, 2.75) is 25.3 Å². The molecule has 1 unspecified atom stereocenters. The van der Waals surface area contributed by atoms with E-state index in [1.807, 2.05) is 22.6 Å². The molecular formula is C12H15ClN4. The number of likely N-dealkylation sites (tertiary alicyclic amines) is 1. The molecule has 5 heteroatoms. The van der Waals surface area contributed by atoms with Crippen LogP contribution >= 0.6 is 11.6 Å². The highest BCUT2D eigenvalue weighted by Gasteiger charge is 2.25. The first-order valence-corrected chi connectivity index (χ1v) is 6.35. The van der Waals surface area contributed by atoms with Gasteiger partial charge in [-0.1, -0.05) is 24.1 Å². The van der Waals surface area contributed by atoms with Crippen LogP contribution < -0.4 is 0 Å². The molecule has 17 heavy (non-hydrogen) atoms. The van der Waals surface area contributed by atoms with Crippen LogP contribution in [0.4, 0.5) is 0 Å². The minimum Gasteiger partial charge on any atom is -0.296 e. The van der Waals surface area contributed by atoms with E-state index >= 15 is 0 Å². The summed E-state index contributed by atoms with van der Waals surface area (Å²) >= 11 is 6.23. The summed E-state index contributed by atoms with van der Waals surface area (Å²) in [6, 6.07) is 6.05. The first-order valence-electron chi connectivity index (χ1n) is 5.97. The van der Waals surface area contributed by atoms with Gasteiger partial charge in [0.25, 0.3) is 0 Å². The average Bonchev–Trinajstić information content (AvgIpc) is 2.75. The summed E-state index contributed by atoms with van der Waals surface area (Å²) in [5.41, 5.74) is 0.825. The highest BCUT2D eigenvalue weighted by atomic mass is 35.5. The Kier molecular flexibility index (Phi) is 2.76. The molecule has 0 spiro atoms. The first-order chi connectivity index (χ1) is 8.27. The zero-order chi connectivity index (χ0) is 11.8. The maximum Gasteiger partial charge on any atom is 0.161 e. The predicted molar refractivity (Wildman–Crippen MR) is 67.2 cm³/mol. The van der Waals surface area contributed by atoms with Crippen molar-refractivity contribution < 1.29 is 0 Å². The van der Waals surface area contributed by atoms with E-state index in [4.69, 9.17) is 11.6 Å². The van der Waals surface area contributed by atoms with Crippen molar-refractivity contribution in [3.63, 3.8) is 0 Å². The normalized spacial score (nSPS) is 22.1. The minimum absolute atomic E-state index is 0.332. The Bertz CT molecular complexity index is 536. The van der Waals surface area contributed by atoms with Crippen LogP contribution in [0.5, 0.6) is 0 Å². The largest absolute Gasteiger partial charge is 0.296 e. The van der Waals surface area contributed by atoms with Crippen molar-refractivity contribution in [3.8, 4) is 0 Å². The molecule has 1 saturated heterocycles. The van der Waals surface area contributed by atoms with Gasteiger partial charge in [-0.15, -0.1) is 10.2 Å². The number of halogens is 1. The predicted octanol–water partition coefficient (Wildman–Crippen LogP) is 2.54. The number of pyridine rings is 1. The summed E-state index contributed by atoms with van der Waals surface area (Å²) in [6.45, 7) is 1.12. The minimum atomic E-state index is 0.332. The van der Waals surface area contributed by atoms with E-state index in [1.54, 1.807) is 0 Å². The summed E-state index contributed by atoms with van der Waals surface area (Å²) < 4.78 is 1.95. The molecule has 3 rings (SSSR count). The van der Waals surface area contributed by atoms with Gasteiger partial charge >= 0.3 is 0 Å². The van der Waals surface area contributed by atoms with E-state index in [1.165, 1.54) is 12.8 Å². The third-order valence-electron chi connectivity index (χ3n) is 3.47. The lowest BCUT2D eigenvalue weighted by Gasteiger charge is -2.31. The van der Waals surface area contributed by atoms with Gasteiger partial charge in [-0.3, -0.25) is 9.30 Å². The Morgan fingerprint density at radius 1 is 1.29 bits per heavy atom. The monoisotopic (exact) mass is 250 g/mol. The molecule has 0 saturated carbocycles. The highest BCUT2D eigenvalue weighted by Crippen LogP contribution is 2.29. The number of hydrogen-bond acceptors (Lipinski definition) is 3. The number of hydrogen-bond donors (Lipinski definition) is 0. The smallest absolute Gasteiger partial charge is 0.161 e. The number of nitrogens with zero attached hydrogens (tertiary/aromatic N) is 4. The fraction of sp³-hybridized carbons (Fsp3) is 0.500. The van der Waals surface area contributed by atoms with Crippen molar-refractivity contribution >= 4 is 17.2 Å². The van der Waals surface area contributed by atoms with Crippen LogP contribution in [-0.4, -0.2) is 33.1 Å². The van der Waals surface area contributed by atoms with E-state index in [9.17, 15) is 0 Å². The molecule has 0 aliphatic carbocycles. The summed E-state index contributed by atoms with van der Waals surface area (Å²) in [6.07, 6.45) is 3.63. The molecule has 1 aliphatic heterocycles. The van der Waals surface area contributed by atoms with Crippen LogP contribution in [0.1, 0.15) is 31.1 Å². The Morgan fingerprint density at radius 2 is 2.18 bits per heavy atom. The van der Waals surface area contributed by atoms with Crippen LogP contribution in [0.2, 0.25) is 5.15 Å². The van der Waals surface area contributed by atoms with Crippen molar-refractivity contribution in [3.05, 3.63) is 29.2 Å². The van der Waals surface area contributed by atoms with Gasteiger partial charge in [-0.25, -0.2) is 0 Å². The standard InChI is InChI=1S/C12H15ClN4/c1-16-8-3-2-5-9(16)12-15-14-11-7-4-6-10(13)17(11)12/h4,6-7,9H,2-3,5,8H2,1H3. The summed E-state index contributed by atoms with van der Waals surface area (Å²) in [5.74, 6) is 0.966. The van der Waals surface area contributed by atoms with Crippen molar-refractivity contribution in [1.29, 1.82) is 0 Å². The van der Waals surface area contributed by atoms with Crippen molar-refractivity contribution in [2.24, 2.45) is 0 Å². The summed E-state index contributed by atoms with van der Waals surface area (Å²) in [4.78, 5) is 2.34.